The third kappa shape index (κ3) is 3.52. The summed E-state index contributed by atoms with van der Waals surface area (Å²) in [6.07, 6.45) is 4.79. The van der Waals surface area contributed by atoms with E-state index in [1.165, 1.54) is 6.26 Å². The monoisotopic (exact) mass is 301 g/mol. The largest absolute Gasteiger partial charge is 0.459 e. The second-order valence-corrected chi connectivity index (χ2v) is 5.08. The third-order valence-corrected chi connectivity index (χ3v) is 3.58. The van der Waals surface area contributed by atoms with Crippen LogP contribution in [0.15, 0.2) is 47.3 Å². The number of carbonyl (C=O) groups is 2. The van der Waals surface area contributed by atoms with Crippen molar-refractivity contribution in [3.63, 3.8) is 0 Å². The summed E-state index contributed by atoms with van der Waals surface area (Å²) in [5, 5.41) is 2.63. The van der Waals surface area contributed by atoms with Crippen molar-refractivity contribution in [3.8, 4) is 0 Å². The number of pyridine rings is 1. The summed E-state index contributed by atoms with van der Waals surface area (Å²) in [5.41, 5.74) is 0.982. The summed E-state index contributed by atoms with van der Waals surface area (Å²) in [7, 11) is 1.71. The molecule has 2 amide bonds. The zero-order valence-corrected chi connectivity index (χ0v) is 12.8. The number of aromatic nitrogens is 1. The highest BCUT2D eigenvalue weighted by Gasteiger charge is 2.24. The van der Waals surface area contributed by atoms with Crippen molar-refractivity contribution in [3.05, 3.63) is 54.2 Å². The van der Waals surface area contributed by atoms with Gasteiger partial charge in [0.25, 0.3) is 5.91 Å². The first kappa shape index (κ1) is 15.8. The van der Waals surface area contributed by atoms with E-state index in [0.29, 0.717) is 0 Å². The Morgan fingerprint density at radius 3 is 2.50 bits per heavy atom. The van der Waals surface area contributed by atoms with Gasteiger partial charge in [-0.15, -0.1) is 0 Å². The highest BCUT2D eigenvalue weighted by Crippen LogP contribution is 2.18. The van der Waals surface area contributed by atoms with E-state index in [4.69, 9.17) is 4.42 Å². The molecule has 0 aromatic carbocycles. The van der Waals surface area contributed by atoms with Gasteiger partial charge in [-0.3, -0.25) is 14.6 Å². The molecule has 0 saturated heterocycles. The third-order valence-electron chi connectivity index (χ3n) is 3.58. The van der Waals surface area contributed by atoms with Gasteiger partial charge in [-0.05, 0) is 43.7 Å². The van der Waals surface area contributed by atoms with Crippen LogP contribution in [0.3, 0.4) is 0 Å². The molecule has 0 aliphatic carbocycles. The van der Waals surface area contributed by atoms with E-state index in [0.717, 1.165) is 5.56 Å². The van der Waals surface area contributed by atoms with Crippen molar-refractivity contribution < 1.29 is 14.0 Å². The quantitative estimate of drug-likeness (QED) is 0.916. The lowest BCUT2D eigenvalue weighted by Crippen LogP contribution is -2.46. The lowest BCUT2D eigenvalue weighted by molar-refractivity contribution is -0.133. The molecular weight excluding hydrogens is 282 g/mol. The standard InChI is InChI=1S/C16H19N3O3/c1-11(18-15(20)14-5-4-10-22-14)16(21)19(3)12(2)13-6-8-17-9-7-13/h4-12H,1-3H3,(H,18,20). The molecule has 0 fully saturated rings. The molecule has 2 rings (SSSR count). The molecule has 1 N–H and O–H groups in total. The molecule has 0 aliphatic heterocycles. The predicted octanol–water partition coefficient (Wildman–Crippen LogP) is 2.01. The Hall–Kier alpha value is -2.63. The maximum Gasteiger partial charge on any atom is 0.287 e. The van der Waals surface area contributed by atoms with Crippen molar-refractivity contribution in [2.24, 2.45) is 0 Å². The smallest absolute Gasteiger partial charge is 0.287 e. The summed E-state index contributed by atoms with van der Waals surface area (Å²) >= 11 is 0. The van der Waals surface area contributed by atoms with Crippen LogP contribution in [-0.2, 0) is 4.79 Å². The van der Waals surface area contributed by atoms with E-state index in [1.807, 2.05) is 19.1 Å². The Morgan fingerprint density at radius 1 is 1.23 bits per heavy atom. The van der Waals surface area contributed by atoms with Crippen LogP contribution < -0.4 is 5.32 Å². The highest BCUT2D eigenvalue weighted by atomic mass is 16.3. The van der Waals surface area contributed by atoms with Crippen molar-refractivity contribution in [1.29, 1.82) is 0 Å². The van der Waals surface area contributed by atoms with Crippen LogP contribution in [0.4, 0.5) is 0 Å². The van der Waals surface area contributed by atoms with Gasteiger partial charge in [0.2, 0.25) is 5.91 Å². The molecule has 0 spiro atoms. The molecule has 0 saturated carbocycles. The number of hydrogen-bond acceptors (Lipinski definition) is 4. The van der Waals surface area contributed by atoms with Gasteiger partial charge in [0.15, 0.2) is 5.76 Å². The van der Waals surface area contributed by atoms with Crippen LogP contribution in [0.2, 0.25) is 0 Å². The highest BCUT2D eigenvalue weighted by molar-refractivity contribution is 5.95. The maximum atomic E-state index is 12.4. The van der Waals surface area contributed by atoms with E-state index >= 15 is 0 Å². The Balaban J connectivity index is 1.99. The average molecular weight is 301 g/mol. The molecular formula is C16H19N3O3. The molecule has 2 atom stereocenters. The fraction of sp³-hybridized carbons (Fsp3) is 0.312. The second-order valence-electron chi connectivity index (χ2n) is 5.08. The number of rotatable bonds is 5. The zero-order valence-electron chi connectivity index (χ0n) is 12.8. The second kappa shape index (κ2) is 6.89. The van der Waals surface area contributed by atoms with Crippen molar-refractivity contribution >= 4 is 11.8 Å². The fourth-order valence-electron chi connectivity index (χ4n) is 2.10. The molecule has 2 aromatic heterocycles. The average Bonchev–Trinajstić information content (AvgIpc) is 3.08. The number of nitrogens with one attached hydrogen (secondary N) is 1. The topological polar surface area (TPSA) is 75.4 Å². The van der Waals surface area contributed by atoms with Gasteiger partial charge >= 0.3 is 0 Å². The molecule has 0 radical (unpaired) electrons. The predicted molar refractivity (Wildman–Crippen MR) is 81.1 cm³/mol. The molecule has 6 heteroatoms. The van der Waals surface area contributed by atoms with Crippen molar-refractivity contribution in [1.82, 2.24) is 15.2 Å². The van der Waals surface area contributed by atoms with Crippen LogP contribution in [0.25, 0.3) is 0 Å². The van der Waals surface area contributed by atoms with E-state index in [-0.39, 0.29) is 17.7 Å². The fourth-order valence-corrected chi connectivity index (χ4v) is 2.10. The minimum absolute atomic E-state index is 0.113. The van der Waals surface area contributed by atoms with Crippen LogP contribution in [-0.4, -0.2) is 34.8 Å². The van der Waals surface area contributed by atoms with E-state index in [1.54, 1.807) is 43.4 Å². The Labute approximate surface area is 129 Å². The molecule has 22 heavy (non-hydrogen) atoms. The van der Waals surface area contributed by atoms with Gasteiger partial charge in [-0.1, -0.05) is 0 Å². The van der Waals surface area contributed by atoms with Gasteiger partial charge in [0.05, 0.1) is 12.3 Å². The van der Waals surface area contributed by atoms with E-state index in [9.17, 15) is 9.59 Å². The van der Waals surface area contributed by atoms with Crippen LogP contribution in [0.5, 0.6) is 0 Å². The SMILES string of the molecule is CC(NC(=O)c1ccco1)C(=O)N(C)C(C)c1ccncc1. The van der Waals surface area contributed by atoms with Crippen LogP contribution in [0, 0.1) is 0 Å². The Morgan fingerprint density at radius 2 is 1.91 bits per heavy atom. The van der Waals surface area contributed by atoms with Gasteiger partial charge in [-0.25, -0.2) is 0 Å². The summed E-state index contributed by atoms with van der Waals surface area (Å²) < 4.78 is 5.01. The first-order valence-corrected chi connectivity index (χ1v) is 7.01. The lowest BCUT2D eigenvalue weighted by Gasteiger charge is -2.28. The summed E-state index contributed by atoms with van der Waals surface area (Å²) in [6, 6.07) is 6.14. The summed E-state index contributed by atoms with van der Waals surface area (Å²) in [6.45, 7) is 3.58. The normalized spacial score (nSPS) is 13.2. The number of furan rings is 1. The summed E-state index contributed by atoms with van der Waals surface area (Å²) in [4.78, 5) is 29.9. The number of hydrogen-bond donors (Lipinski definition) is 1. The zero-order chi connectivity index (χ0) is 16.1. The lowest BCUT2D eigenvalue weighted by atomic mass is 10.1. The molecule has 2 aromatic rings. The van der Waals surface area contributed by atoms with E-state index < -0.39 is 11.9 Å². The van der Waals surface area contributed by atoms with Gasteiger partial charge in [0.1, 0.15) is 6.04 Å². The molecule has 2 unspecified atom stereocenters. The van der Waals surface area contributed by atoms with Crippen LogP contribution in [0.1, 0.15) is 36.0 Å². The van der Waals surface area contributed by atoms with Crippen LogP contribution >= 0.6 is 0 Å². The van der Waals surface area contributed by atoms with Gasteiger partial charge in [-0.2, -0.15) is 0 Å². The molecule has 6 nitrogen and oxygen atoms in total. The van der Waals surface area contributed by atoms with Gasteiger partial charge in [0, 0.05) is 19.4 Å². The molecule has 2 heterocycles. The molecule has 0 bridgehead atoms. The molecule has 116 valence electrons. The summed E-state index contributed by atoms with van der Waals surface area (Å²) in [5.74, 6) is -0.399. The first-order chi connectivity index (χ1) is 10.5. The number of carbonyl (C=O) groups excluding carboxylic acids is 2. The van der Waals surface area contributed by atoms with E-state index in [2.05, 4.69) is 10.3 Å². The molecule has 0 aliphatic rings. The van der Waals surface area contributed by atoms with Gasteiger partial charge < -0.3 is 14.6 Å². The maximum absolute atomic E-state index is 12.4. The van der Waals surface area contributed by atoms with Crippen molar-refractivity contribution in [2.45, 2.75) is 25.9 Å². The number of amides is 2. The minimum atomic E-state index is -0.646. The number of nitrogens with zero attached hydrogens (tertiary/aromatic N) is 2. The number of likely N-dealkylation sites (N-methyl/N-ethyl adjacent to an activating group) is 1. The first-order valence-electron chi connectivity index (χ1n) is 7.01. The minimum Gasteiger partial charge on any atom is -0.459 e. The Kier molecular flexibility index (Phi) is 4.93. The van der Waals surface area contributed by atoms with Crippen molar-refractivity contribution in [2.75, 3.05) is 7.05 Å². The Bertz CT molecular complexity index is 625.